The average Bonchev–Trinajstić information content (AvgIpc) is 3.29. The third-order valence-corrected chi connectivity index (χ3v) is 10.4. The Balaban J connectivity index is 1.24. The predicted molar refractivity (Wildman–Crippen MR) is 218 cm³/mol. The summed E-state index contributed by atoms with van der Waals surface area (Å²) in [5.41, 5.74) is 4.77. The van der Waals surface area contributed by atoms with E-state index in [0.717, 1.165) is 27.8 Å². The van der Waals surface area contributed by atoms with E-state index in [1.807, 2.05) is 152 Å². The minimum atomic E-state index is -1.27. The van der Waals surface area contributed by atoms with Crippen LogP contribution in [0.5, 0.6) is 0 Å². The summed E-state index contributed by atoms with van der Waals surface area (Å²) in [5.74, 6) is 0. The van der Waals surface area contributed by atoms with Crippen molar-refractivity contribution in [3.05, 3.63) is 179 Å². The molecule has 59 heavy (non-hydrogen) atoms. The van der Waals surface area contributed by atoms with Crippen LogP contribution in [0.1, 0.15) is 27.8 Å². The molecule has 0 saturated carbocycles. The maximum absolute atomic E-state index is 11.6. The Morgan fingerprint density at radius 2 is 0.831 bits per heavy atom. The minimum Gasteiger partial charge on any atom is -0.394 e. The summed E-state index contributed by atoms with van der Waals surface area (Å²) >= 11 is 0. The lowest BCUT2D eigenvalue weighted by Crippen LogP contribution is -2.66. The molecule has 0 unspecified atom stereocenters. The van der Waals surface area contributed by atoms with Crippen molar-refractivity contribution in [2.45, 2.75) is 94.4 Å². The molecule has 0 radical (unpaired) electrons. The Morgan fingerprint density at radius 1 is 0.441 bits per heavy atom. The maximum atomic E-state index is 11.6. The van der Waals surface area contributed by atoms with Crippen LogP contribution in [0.25, 0.3) is 0 Å². The quantitative estimate of drug-likeness (QED) is 0.0912. The predicted octanol–water partition coefficient (Wildman–Crippen LogP) is 6.38. The summed E-state index contributed by atoms with van der Waals surface area (Å²) in [6.07, 6.45) is -9.55. The zero-order valence-electron chi connectivity index (χ0n) is 33.2. The van der Waals surface area contributed by atoms with Crippen molar-refractivity contribution >= 4 is 0 Å². The van der Waals surface area contributed by atoms with Gasteiger partial charge in [-0.3, -0.25) is 0 Å². The molecule has 2 aliphatic rings. The molecule has 2 aliphatic heterocycles. The van der Waals surface area contributed by atoms with Gasteiger partial charge < -0.3 is 52.8 Å². The van der Waals surface area contributed by atoms with E-state index in [4.69, 9.17) is 42.6 Å². The second-order valence-electron chi connectivity index (χ2n) is 14.6. The number of hydrogen-bond acceptors (Lipinski definition) is 11. The molecule has 0 amide bonds. The highest BCUT2D eigenvalue weighted by Gasteiger charge is 2.54. The Kier molecular flexibility index (Phi) is 16.2. The van der Waals surface area contributed by atoms with Crippen LogP contribution >= 0.6 is 0 Å². The Bertz CT molecular complexity index is 1890. The van der Waals surface area contributed by atoms with Crippen LogP contribution < -0.4 is 0 Å². The summed E-state index contributed by atoms with van der Waals surface area (Å²) in [6.45, 7) is 0.898. The van der Waals surface area contributed by atoms with Crippen LogP contribution in [0.2, 0.25) is 0 Å². The van der Waals surface area contributed by atoms with Crippen molar-refractivity contribution in [2.24, 2.45) is 0 Å². The van der Waals surface area contributed by atoms with Gasteiger partial charge in [0.15, 0.2) is 12.6 Å². The Morgan fingerprint density at radius 3 is 1.27 bits per heavy atom. The molecule has 2 heterocycles. The lowest BCUT2D eigenvalue weighted by molar-refractivity contribution is -0.378. The van der Waals surface area contributed by atoms with Gasteiger partial charge in [-0.2, -0.15) is 0 Å². The Hall–Kier alpha value is -4.34. The van der Waals surface area contributed by atoms with Gasteiger partial charge in [0.2, 0.25) is 0 Å². The molecule has 11 nitrogen and oxygen atoms in total. The number of aliphatic hydroxyl groups excluding tert-OH is 2. The van der Waals surface area contributed by atoms with Gasteiger partial charge in [-0.25, -0.2) is 0 Å². The van der Waals surface area contributed by atoms with Crippen molar-refractivity contribution in [1.82, 2.24) is 0 Å². The lowest BCUT2D eigenvalue weighted by atomic mass is 9.96. The van der Waals surface area contributed by atoms with Gasteiger partial charge in [0, 0.05) is 7.11 Å². The summed E-state index contributed by atoms with van der Waals surface area (Å²) < 4.78 is 59.0. The third kappa shape index (κ3) is 11.9. The first-order valence-corrected chi connectivity index (χ1v) is 20.1. The first kappa shape index (κ1) is 42.8. The van der Waals surface area contributed by atoms with Crippen molar-refractivity contribution in [1.29, 1.82) is 0 Å². The van der Waals surface area contributed by atoms with Gasteiger partial charge in [-0.05, 0) is 27.8 Å². The van der Waals surface area contributed by atoms with E-state index < -0.39 is 68.0 Å². The molecule has 2 fully saturated rings. The van der Waals surface area contributed by atoms with E-state index in [0.29, 0.717) is 6.61 Å². The van der Waals surface area contributed by atoms with Gasteiger partial charge in [-0.15, -0.1) is 0 Å². The van der Waals surface area contributed by atoms with Gasteiger partial charge in [0.1, 0.15) is 48.8 Å². The van der Waals surface area contributed by atoms with Crippen LogP contribution in [-0.4, -0.2) is 91.9 Å². The average molecular weight is 807 g/mol. The molecule has 7 rings (SSSR count). The number of rotatable bonds is 20. The van der Waals surface area contributed by atoms with Crippen molar-refractivity contribution < 1.29 is 52.8 Å². The molecular formula is C48H54O11. The van der Waals surface area contributed by atoms with Crippen LogP contribution in [0.4, 0.5) is 0 Å². The monoisotopic (exact) mass is 806 g/mol. The topological polar surface area (TPSA) is 124 Å². The van der Waals surface area contributed by atoms with E-state index in [9.17, 15) is 10.2 Å². The highest BCUT2D eigenvalue weighted by molar-refractivity contribution is 5.17. The highest BCUT2D eigenvalue weighted by atomic mass is 16.8. The van der Waals surface area contributed by atoms with Crippen LogP contribution in [0.3, 0.4) is 0 Å². The molecule has 312 valence electrons. The molecule has 10 atom stereocenters. The number of methoxy groups -OCH3 is 1. The maximum Gasteiger partial charge on any atom is 0.187 e. The SMILES string of the molecule is CO[C@@H]1O[C@H](CO)[C@H](O)[C@H](OCc2ccccc2)[C@H]1O[C@@H]1O[C@H](COCc2ccccc2)[C@@H](OCc2ccccc2)[C@H](OCc2ccccc2)[C@H]1OCc1ccccc1. The van der Waals surface area contributed by atoms with Crippen molar-refractivity contribution in [2.75, 3.05) is 20.3 Å². The number of aliphatic hydroxyl groups is 2. The molecule has 0 aromatic heterocycles. The Labute approximate surface area is 346 Å². The van der Waals surface area contributed by atoms with Gasteiger partial charge in [0.05, 0.1) is 46.2 Å². The van der Waals surface area contributed by atoms with E-state index in [1.165, 1.54) is 7.11 Å². The summed E-state index contributed by atoms with van der Waals surface area (Å²) in [4.78, 5) is 0. The van der Waals surface area contributed by atoms with Crippen LogP contribution in [-0.2, 0) is 75.7 Å². The first-order valence-electron chi connectivity index (χ1n) is 20.1. The molecule has 0 bridgehead atoms. The van der Waals surface area contributed by atoms with Crippen LogP contribution in [0, 0.1) is 0 Å². The largest absolute Gasteiger partial charge is 0.394 e. The first-order chi connectivity index (χ1) is 29.1. The molecule has 11 heteroatoms. The van der Waals surface area contributed by atoms with Gasteiger partial charge in [0.25, 0.3) is 0 Å². The number of hydrogen-bond donors (Lipinski definition) is 2. The van der Waals surface area contributed by atoms with E-state index in [2.05, 4.69) is 0 Å². The van der Waals surface area contributed by atoms with E-state index >= 15 is 0 Å². The fourth-order valence-corrected chi connectivity index (χ4v) is 7.34. The van der Waals surface area contributed by atoms with Gasteiger partial charge in [-0.1, -0.05) is 152 Å². The molecule has 5 aromatic carbocycles. The van der Waals surface area contributed by atoms with E-state index in [1.54, 1.807) is 0 Å². The standard InChI is InChI=1S/C48H54O11/c1-51-47-46(43(41(50)39(27-49)57-47)54-30-36-21-11-4-12-22-36)59-48-45(56-32-38-25-15-6-16-26-38)44(55-31-37-23-13-5-14-24-37)42(53-29-35-19-9-3-10-20-35)40(58-48)33-52-28-34-17-7-2-8-18-34/h2-26,39-50H,27-33H2,1H3/t39-,40-,41+,42-,43+,44+,45-,46-,47-,48+/m1/s1. The minimum absolute atomic E-state index is 0.128. The van der Waals surface area contributed by atoms with Gasteiger partial charge >= 0.3 is 0 Å². The molecule has 2 saturated heterocycles. The van der Waals surface area contributed by atoms with E-state index in [-0.39, 0.29) is 33.0 Å². The summed E-state index contributed by atoms with van der Waals surface area (Å²) in [6, 6.07) is 49.2. The van der Waals surface area contributed by atoms with Crippen LogP contribution in [0.15, 0.2) is 152 Å². The second kappa shape index (κ2) is 22.3. The zero-order chi connectivity index (χ0) is 40.7. The second-order valence-corrected chi connectivity index (χ2v) is 14.6. The molecule has 0 aliphatic carbocycles. The number of ether oxygens (including phenoxy) is 9. The highest BCUT2D eigenvalue weighted by Crippen LogP contribution is 2.35. The lowest BCUT2D eigenvalue weighted by Gasteiger charge is -2.49. The molecule has 2 N–H and O–H groups in total. The van der Waals surface area contributed by atoms with Crippen molar-refractivity contribution in [3.63, 3.8) is 0 Å². The smallest absolute Gasteiger partial charge is 0.187 e. The fourth-order valence-electron chi connectivity index (χ4n) is 7.34. The molecule has 5 aromatic rings. The zero-order valence-corrected chi connectivity index (χ0v) is 33.2. The summed E-state index contributed by atoms with van der Waals surface area (Å²) in [7, 11) is 1.48. The normalized spacial score (nSPS) is 27.0. The third-order valence-electron chi connectivity index (χ3n) is 10.4. The number of benzene rings is 5. The van der Waals surface area contributed by atoms with Crippen molar-refractivity contribution in [3.8, 4) is 0 Å². The fraction of sp³-hybridized carbons (Fsp3) is 0.375. The molecule has 0 spiro atoms. The summed E-state index contributed by atoms with van der Waals surface area (Å²) in [5, 5.41) is 21.8. The molecular weight excluding hydrogens is 753 g/mol.